The second kappa shape index (κ2) is 5.53. The Kier molecular flexibility index (Phi) is 3.70. The third-order valence-electron chi connectivity index (χ3n) is 3.86. The molecule has 6 heteroatoms. The van der Waals surface area contributed by atoms with E-state index in [9.17, 15) is 9.59 Å². The maximum absolute atomic E-state index is 12.7. The van der Waals surface area contributed by atoms with E-state index in [0.29, 0.717) is 18.7 Å². The molecule has 0 saturated carbocycles. The van der Waals surface area contributed by atoms with Crippen LogP contribution < -0.4 is 5.73 Å². The normalized spacial score (nSPS) is 17.2. The van der Waals surface area contributed by atoms with Crippen molar-refractivity contribution in [2.75, 3.05) is 6.54 Å². The monoisotopic (exact) mass is 315 g/mol. The van der Waals surface area contributed by atoms with E-state index >= 15 is 0 Å². The zero-order valence-electron chi connectivity index (χ0n) is 12.5. The number of aromatic nitrogens is 1. The summed E-state index contributed by atoms with van der Waals surface area (Å²) in [6.45, 7) is 4.45. The lowest BCUT2D eigenvalue weighted by Gasteiger charge is -2.38. The fourth-order valence-corrected chi connectivity index (χ4v) is 3.45. The number of likely N-dealkylation sites (tertiary alicyclic amines) is 1. The molecule has 1 aliphatic heterocycles. The molecule has 114 valence electrons. The van der Waals surface area contributed by atoms with Crippen LogP contribution in [0.25, 0.3) is 10.4 Å². The number of rotatable bonds is 3. The molecule has 1 unspecified atom stereocenters. The van der Waals surface area contributed by atoms with Crippen LogP contribution >= 0.6 is 11.3 Å². The van der Waals surface area contributed by atoms with Crippen LogP contribution in [0, 0.1) is 13.8 Å². The summed E-state index contributed by atoms with van der Waals surface area (Å²) in [5.74, 6) is -0.668. The van der Waals surface area contributed by atoms with Gasteiger partial charge in [0.1, 0.15) is 11.7 Å². The standard InChI is InChI=1S/C16H17N3O2S/c1-9-3-5-11(6-4-9)14-13(18-10(2)22-14)16(21)19-8-7-12(19)15(17)20/h3-6,12H,7-8H2,1-2H3,(H2,17,20). The first-order valence-corrected chi connectivity index (χ1v) is 7.94. The van der Waals surface area contributed by atoms with Crippen molar-refractivity contribution in [1.29, 1.82) is 0 Å². The van der Waals surface area contributed by atoms with E-state index in [0.717, 1.165) is 21.0 Å². The van der Waals surface area contributed by atoms with Crippen LogP contribution in [0.4, 0.5) is 0 Å². The van der Waals surface area contributed by atoms with Gasteiger partial charge in [0, 0.05) is 6.54 Å². The third-order valence-corrected chi connectivity index (χ3v) is 4.88. The highest BCUT2D eigenvalue weighted by Crippen LogP contribution is 2.32. The highest BCUT2D eigenvalue weighted by atomic mass is 32.1. The Morgan fingerprint density at radius 3 is 2.50 bits per heavy atom. The maximum Gasteiger partial charge on any atom is 0.274 e. The summed E-state index contributed by atoms with van der Waals surface area (Å²) in [5, 5.41) is 0.829. The Morgan fingerprint density at radius 2 is 1.95 bits per heavy atom. The Morgan fingerprint density at radius 1 is 1.27 bits per heavy atom. The number of carbonyl (C=O) groups excluding carboxylic acids is 2. The van der Waals surface area contributed by atoms with Gasteiger partial charge in [-0.25, -0.2) is 4.98 Å². The van der Waals surface area contributed by atoms with Crippen molar-refractivity contribution in [1.82, 2.24) is 9.88 Å². The Balaban J connectivity index is 1.96. The average Bonchev–Trinajstić information content (AvgIpc) is 2.79. The van der Waals surface area contributed by atoms with Crippen molar-refractivity contribution in [3.05, 3.63) is 40.5 Å². The molecule has 2 aromatic rings. The van der Waals surface area contributed by atoms with Crippen LogP contribution in [-0.4, -0.2) is 34.3 Å². The molecule has 1 fully saturated rings. The molecule has 22 heavy (non-hydrogen) atoms. The van der Waals surface area contributed by atoms with Gasteiger partial charge in [-0.2, -0.15) is 0 Å². The molecular formula is C16H17N3O2S. The zero-order chi connectivity index (χ0) is 15.9. The Labute approximate surface area is 132 Å². The molecule has 1 aromatic carbocycles. The van der Waals surface area contributed by atoms with Gasteiger partial charge in [-0.3, -0.25) is 9.59 Å². The van der Waals surface area contributed by atoms with Crippen LogP contribution in [0.3, 0.4) is 0 Å². The topological polar surface area (TPSA) is 76.3 Å². The molecule has 2 N–H and O–H groups in total. The first-order chi connectivity index (χ1) is 10.5. The lowest BCUT2D eigenvalue weighted by Crippen LogP contribution is -2.57. The maximum atomic E-state index is 12.7. The van der Waals surface area contributed by atoms with Gasteiger partial charge >= 0.3 is 0 Å². The lowest BCUT2D eigenvalue weighted by molar-refractivity contribution is -0.125. The van der Waals surface area contributed by atoms with Crippen LogP contribution in [-0.2, 0) is 4.79 Å². The second-order valence-electron chi connectivity index (χ2n) is 5.48. The Bertz CT molecular complexity index is 736. The van der Waals surface area contributed by atoms with Crippen LogP contribution in [0.5, 0.6) is 0 Å². The number of hydrogen-bond donors (Lipinski definition) is 1. The smallest absolute Gasteiger partial charge is 0.274 e. The van der Waals surface area contributed by atoms with E-state index in [1.54, 1.807) is 0 Å². The fraction of sp³-hybridized carbons (Fsp3) is 0.312. The van der Waals surface area contributed by atoms with Gasteiger partial charge in [-0.05, 0) is 25.8 Å². The number of hydrogen-bond acceptors (Lipinski definition) is 4. The predicted octanol–water partition coefficient (Wildman–Crippen LogP) is 2.13. The molecule has 5 nitrogen and oxygen atoms in total. The summed E-state index contributed by atoms with van der Waals surface area (Å²) in [4.78, 5) is 30.7. The number of aryl methyl sites for hydroxylation is 2. The van der Waals surface area contributed by atoms with Gasteiger partial charge < -0.3 is 10.6 Å². The molecule has 1 aliphatic rings. The van der Waals surface area contributed by atoms with E-state index in [4.69, 9.17) is 5.73 Å². The molecule has 3 rings (SSSR count). The minimum atomic E-state index is -0.500. The SMILES string of the molecule is Cc1ccc(-c2sc(C)nc2C(=O)N2CCC2C(N)=O)cc1. The van der Waals surface area contributed by atoms with Crippen molar-refractivity contribution in [3.63, 3.8) is 0 Å². The number of nitrogens with two attached hydrogens (primary N) is 1. The molecule has 2 heterocycles. The number of primary amides is 1. The van der Waals surface area contributed by atoms with E-state index in [1.165, 1.54) is 16.2 Å². The fourth-order valence-electron chi connectivity index (χ4n) is 2.53. The molecule has 2 amide bonds. The highest BCUT2D eigenvalue weighted by Gasteiger charge is 2.38. The quantitative estimate of drug-likeness (QED) is 0.942. The predicted molar refractivity (Wildman–Crippen MR) is 85.7 cm³/mol. The molecule has 0 spiro atoms. The van der Waals surface area contributed by atoms with Gasteiger partial charge in [0.2, 0.25) is 5.91 Å². The minimum Gasteiger partial charge on any atom is -0.368 e. The van der Waals surface area contributed by atoms with Crippen LogP contribution in [0.15, 0.2) is 24.3 Å². The number of thiazole rings is 1. The van der Waals surface area contributed by atoms with Crippen LogP contribution in [0.1, 0.15) is 27.5 Å². The second-order valence-corrected chi connectivity index (χ2v) is 6.69. The summed E-state index contributed by atoms with van der Waals surface area (Å²) < 4.78 is 0. The first kappa shape index (κ1) is 14.7. The first-order valence-electron chi connectivity index (χ1n) is 7.12. The molecule has 0 bridgehead atoms. The van der Waals surface area contributed by atoms with E-state index in [1.807, 2.05) is 38.1 Å². The van der Waals surface area contributed by atoms with E-state index in [2.05, 4.69) is 4.98 Å². The minimum absolute atomic E-state index is 0.213. The van der Waals surface area contributed by atoms with E-state index in [-0.39, 0.29) is 5.91 Å². The van der Waals surface area contributed by atoms with Gasteiger partial charge in [0.05, 0.1) is 9.88 Å². The number of nitrogens with zero attached hydrogens (tertiary/aromatic N) is 2. The van der Waals surface area contributed by atoms with Crippen molar-refractivity contribution in [3.8, 4) is 10.4 Å². The summed E-state index contributed by atoms with van der Waals surface area (Å²) in [7, 11) is 0. The summed E-state index contributed by atoms with van der Waals surface area (Å²) in [6, 6.07) is 7.49. The molecule has 1 atom stereocenters. The lowest BCUT2D eigenvalue weighted by atomic mass is 10.0. The van der Waals surface area contributed by atoms with Gasteiger partial charge in [-0.15, -0.1) is 11.3 Å². The molecular weight excluding hydrogens is 298 g/mol. The van der Waals surface area contributed by atoms with Crippen LogP contribution in [0.2, 0.25) is 0 Å². The summed E-state index contributed by atoms with van der Waals surface area (Å²) in [5.41, 5.74) is 7.87. The van der Waals surface area contributed by atoms with Crippen molar-refractivity contribution in [2.45, 2.75) is 26.3 Å². The van der Waals surface area contributed by atoms with Gasteiger partial charge in [0.15, 0.2) is 0 Å². The number of amides is 2. The Hall–Kier alpha value is -2.21. The summed E-state index contributed by atoms with van der Waals surface area (Å²) >= 11 is 1.49. The molecule has 0 aliphatic carbocycles. The van der Waals surface area contributed by atoms with Crippen molar-refractivity contribution >= 4 is 23.2 Å². The van der Waals surface area contributed by atoms with Gasteiger partial charge in [0.25, 0.3) is 5.91 Å². The van der Waals surface area contributed by atoms with E-state index < -0.39 is 11.9 Å². The molecule has 0 radical (unpaired) electrons. The summed E-state index contributed by atoms with van der Waals surface area (Å²) in [6.07, 6.45) is 0.629. The zero-order valence-corrected chi connectivity index (χ0v) is 13.3. The van der Waals surface area contributed by atoms with Crippen molar-refractivity contribution in [2.24, 2.45) is 5.73 Å². The van der Waals surface area contributed by atoms with Gasteiger partial charge in [-0.1, -0.05) is 29.8 Å². The highest BCUT2D eigenvalue weighted by molar-refractivity contribution is 7.15. The number of benzene rings is 1. The number of carbonyl (C=O) groups is 2. The third kappa shape index (κ3) is 2.50. The average molecular weight is 315 g/mol. The van der Waals surface area contributed by atoms with Crippen molar-refractivity contribution < 1.29 is 9.59 Å². The molecule has 1 saturated heterocycles. The largest absolute Gasteiger partial charge is 0.368 e. The molecule has 1 aromatic heterocycles.